The van der Waals surface area contributed by atoms with Crippen LogP contribution in [0.3, 0.4) is 0 Å². The quantitative estimate of drug-likeness (QED) is 0.513. The zero-order chi connectivity index (χ0) is 21.7. The van der Waals surface area contributed by atoms with E-state index < -0.39 is 21.5 Å². The Hall–Kier alpha value is -2.67. The molecule has 0 aromatic heterocycles. The summed E-state index contributed by atoms with van der Waals surface area (Å²) in [6, 6.07) is 19.3. The van der Waals surface area contributed by atoms with Gasteiger partial charge in [-0.15, -0.1) is 0 Å². The van der Waals surface area contributed by atoms with Crippen molar-refractivity contribution >= 4 is 50.4 Å². The van der Waals surface area contributed by atoms with E-state index in [9.17, 15) is 18.0 Å². The second-order valence-electron chi connectivity index (χ2n) is 6.59. The van der Waals surface area contributed by atoms with Crippen LogP contribution in [0.4, 0.5) is 5.69 Å². The Labute approximate surface area is 184 Å². The van der Waals surface area contributed by atoms with Crippen LogP contribution in [0.25, 0.3) is 0 Å². The molecule has 0 bridgehead atoms. The van der Waals surface area contributed by atoms with Gasteiger partial charge in [0.05, 0.1) is 11.4 Å². The van der Waals surface area contributed by atoms with E-state index in [0.29, 0.717) is 21.2 Å². The summed E-state index contributed by atoms with van der Waals surface area (Å²) in [5, 5.41) is 3.34. The van der Waals surface area contributed by atoms with Crippen LogP contribution < -0.4 is 5.32 Å². The van der Waals surface area contributed by atoms with Crippen molar-refractivity contribution in [1.82, 2.24) is 0 Å². The summed E-state index contributed by atoms with van der Waals surface area (Å²) >= 11 is 11.8. The number of hydrogen-bond acceptors (Lipinski definition) is 4. The van der Waals surface area contributed by atoms with E-state index in [1.165, 1.54) is 18.2 Å². The SMILES string of the molecule is O=C(CS(=O)(=O)Cc1ccc(Cl)cc1)Nc1ccc(Cl)cc1C(=O)c1ccccc1. The maximum absolute atomic E-state index is 12.8. The molecule has 8 heteroatoms. The normalized spacial score (nSPS) is 11.1. The Morgan fingerprint density at radius 1 is 0.833 bits per heavy atom. The number of amides is 1. The maximum Gasteiger partial charge on any atom is 0.239 e. The molecule has 0 atom stereocenters. The number of hydrogen-bond donors (Lipinski definition) is 1. The van der Waals surface area contributed by atoms with Crippen LogP contribution in [0, 0.1) is 0 Å². The van der Waals surface area contributed by atoms with Gasteiger partial charge in [-0.05, 0) is 35.9 Å². The molecule has 0 saturated heterocycles. The molecule has 0 aliphatic rings. The zero-order valence-corrected chi connectivity index (χ0v) is 18.0. The molecule has 0 saturated carbocycles. The third kappa shape index (κ3) is 5.92. The molecular weight excluding hydrogens is 445 g/mol. The lowest BCUT2D eigenvalue weighted by molar-refractivity contribution is -0.113. The van der Waals surface area contributed by atoms with Crippen LogP contribution in [0.15, 0.2) is 72.8 Å². The molecule has 0 fully saturated rings. The number of anilines is 1. The first kappa shape index (κ1) is 22.0. The van der Waals surface area contributed by atoms with E-state index >= 15 is 0 Å². The van der Waals surface area contributed by atoms with Crippen molar-refractivity contribution in [2.24, 2.45) is 0 Å². The van der Waals surface area contributed by atoms with Crippen LogP contribution >= 0.6 is 23.2 Å². The van der Waals surface area contributed by atoms with Gasteiger partial charge in [-0.25, -0.2) is 8.42 Å². The van der Waals surface area contributed by atoms with Gasteiger partial charge in [0.1, 0.15) is 5.75 Å². The fraction of sp³-hybridized carbons (Fsp3) is 0.0909. The third-order valence-electron chi connectivity index (χ3n) is 4.19. The minimum atomic E-state index is -3.73. The maximum atomic E-state index is 12.8. The van der Waals surface area contributed by atoms with Crippen LogP contribution in [0.2, 0.25) is 10.0 Å². The zero-order valence-electron chi connectivity index (χ0n) is 15.6. The van der Waals surface area contributed by atoms with Gasteiger partial charge >= 0.3 is 0 Å². The minimum Gasteiger partial charge on any atom is -0.325 e. The van der Waals surface area contributed by atoms with Gasteiger partial charge in [0.25, 0.3) is 0 Å². The lowest BCUT2D eigenvalue weighted by Gasteiger charge is -2.12. The molecular formula is C22H17Cl2NO4S. The van der Waals surface area contributed by atoms with Crippen molar-refractivity contribution in [3.63, 3.8) is 0 Å². The van der Waals surface area contributed by atoms with E-state index in [1.807, 2.05) is 0 Å². The second-order valence-corrected chi connectivity index (χ2v) is 9.53. The van der Waals surface area contributed by atoms with Gasteiger partial charge < -0.3 is 5.32 Å². The van der Waals surface area contributed by atoms with Gasteiger partial charge in [-0.1, -0.05) is 65.7 Å². The summed E-state index contributed by atoms with van der Waals surface area (Å²) in [5.74, 6) is -2.10. The molecule has 1 amide bonds. The molecule has 0 aliphatic carbocycles. The van der Waals surface area contributed by atoms with Gasteiger partial charge in [0.15, 0.2) is 15.6 Å². The van der Waals surface area contributed by atoms with Crippen molar-refractivity contribution < 1.29 is 18.0 Å². The molecule has 0 aliphatic heterocycles. The lowest BCUT2D eigenvalue weighted by Crippen LogP contribution is -2.25. The summed E-state index contributed by atoms with van der Waals surface area (Å²) < 4.78 is 24.8. The largest absolute Gasteiger partial charge is 0.325 e. The minimum absolute atomic E-state index is 0.178. The molecule has 154 valence electrons. The van der Waals surface area contributed by atoms with Crippen molar-refractivity contribution in [1.29, 1.82) is 0 Å². The van der Waals surface area contributed by atoms with Gasteiger partial charge in [-0.3, -0.25) is 9.59 Å². The molecule has 30 heavy (non-hydrogen) atoms. The highest BCUT2D eigenvalue weighted by atomic mass is 35.5. The van der Waals surface area contributed by atoms with Gasteiger partial charge in [-0.2, -0.15) is 0 Å². The number of sulfone groups is 1. The highest BCUT2D eigenvalue weighted by Crippen LogP contribution is 2.24. The molecule has 3 rings (SSSR count). The number of rotatable bonds is 7. The summed E-state index contributed by atoms with van der Waals surface area (Å²) in [4.78, 5) is 25.2. The summed E-state index contributed by atoms with van der Waals surface area (Å²) in [7, 11) is -3.73. The predicted molar refractivity (Wildman–Crippen MR) is 119 cm³/mol. The first-order chi connectivity index (χ1) is 14.2. The van der Waals surface area contributed by atoms with Gasteiger partial charge in [0.2, 0.25) is 5.91 Å². The molecule has 0 unspecified atom stereocenters. The monoisotopic (exact) mass is 461 g/mol. The Morgan fingerprint density at radius 3 is 2.13 bits per heavy atom. The second kappa shape index (κ2) is 9.43. The van der Waals surface area contributed by atoms with Crippen molar-refractivity contribution in [3.05, 3.63) is 99.5 Å². The smallest absolute Gasteiger partial charge is 0.239 e. The number of ketones is 1. The predicted octanol–water partition coefficient (Wildman–Crippen LogP) is 4.78. The lowest BCUT2D eigenvalue weighted by atomic mass is 10.0. The van der Waals surface area contributed by atoms with E-state index in [-0.39, 0.29) is 22.8 Å². The fourth-order valence-electron chi connectivity index (χ4n) is 2.83. The molecule has 3 aromatic rings. The molecule has 0 heterocycles. The number of nitrogens with one attached hydrogen (secondary N) is 1. The van der Waals surface area contributed by atoms with Crippen LogP contribution in [0.5, 0.6) is 0 Å². The number of halogens is 2. The first-order valence-electron chi connectivity index (χ1n) is 8.87. The van der Waals surface area contributed by atoms with Crippen molar-refractivity contribution in [3.8, 4) is 0 Å². The number of carbonyl (C=O) groups is 2. The number of benzene rings is 3. The first-order valence-corrected chi connectivity index (χ1v) is 11.5. The van der Waals surface area contributed by atoms with Crippen molar-refractivity contribution in [2.45, 2.75) is 5.75 Å². The number of carbonyl (C=O) groups excluding carboxylic acids is 2. The Bertz CT molecular complexity index is 1180. The van der Waals surface area contributed by atoms with E-state index in [4.69, 9.17) is 23.2 Å². The standard InChI is InChI=1S/C22H17Cl2NO4S/c23-17-8-6-15(7-9-17)13-30(28,29)14-21(26)25-20-11-10-18(24)12-19(20)22(27)16-4-2-1-3-5-16/h1-12H,13-14H2,(H,25,26). The molecule has 5 nitrogen and oxygen atoms in total. The van der Waals surface area contributed by atoms with Crippen LogP contribution in [-0.4, -0.2) is 25.9 Å². The Kier molecular flexibility index (Phi) is 6.92. The molecule has 0 spiro atoms. The topological polar surface area (TPSA) is 80.3 Å². The summed E-state index contributed by atoms with van der Waals surface area (Å²) in [5.41, 5.74) is 1.32. The molecule has 0 radical (unpaired) electrons. The summed E-state index contributed by atoms with van der Waals surface area (Å²) in [6.45, 7) is 0. The van der Waals surface area contributed by atoms with Gasteiger partial charge in [0, 0.05) is 21.2 Å². The van der Waals surface area contributed by atoms with Crippen molar-refractivity contribution in [2.75, 3.05) is 11.1 Å². The van der Waals surface area contributed by atoms with Crippen LogP contribution in [-0.2, 0) is 20.4 Å². The molecule has 3 aromatic carbocycles. The van der Waals surface area contributed by atoms with E-state index in [1.54, 1.807) is 54.6 Å². The fourth-order valence-corrected chi connectivity index (χ4v) is 4.40. The van der Waals surface area contributed by atoms with E-state index in [0.717, 1.165) is 0 Å². The highest BCUT2D eigenvalue weighted by Gasteiger charge is 2.20. The average Bonchev–Trinajstić information content (AvgIpc) is 2.70. The Morgan fingerprint density at radius 2 is 1.47 bits per heavy atom. The Balaban J connectivity index is 1.76. The van der Waals surface area contributed by atoms with Crippen LogP contribution in [0.1, 0.15) is 21.5 Å². The average molecular weight is 462 g/mol. The molecule has 1 N–H and O–H groups in total. The van der Waals surface area contributed by atoms with E-state index in [2.05, 4.69) is 5.32 Å². The highest BCUT2D eigenvalue weighted by molar-refractivity contribution is 7.91. The third-order valence-corrected chi connectivity index (χ3v) is 6.15. The summed E-state index contributed by atoms with van der Waals surface area (Å²) in [6.07, 6.45) is 0.